The van der Waals surface area contributed by atoms with Crippen LogP contribution in [0.5, 0.6) is 5.75 Å². The Kier molecular flexibility index (Phi) is 3.27. The third kappa shape index (κ3) is 2.43. The Balaban J connectivity index is 2.07. The maximum atomic E-state index is 6.03. The molecule has 6 nitrogen and oxygen atoms in total. The van der Waals surface area contributed by atoms with Crippen LogP contribution in [0.1, 0.15) is 5.69 Å². The zero-order valence-electron chi connectivity index (χ0n) is 11.8. The van der Waals surface area contributed by atoms with Gasteiger partial charge in [0.15, 0.2) is 5.82 Å². The summed E-state index contributed by atoms with van der Waals surface area (Å²) in [5.74, 6) is 1.82. The van der Waals surface area contributed by atoms with Crippen LogP contribution in [0, 0.1) is 6.92 Å². The number of hydrogen-bond acceptors (Lipinski definition) is 5. The molecule has 2 heterocycles. The summed E-state index contributed by atoms with van der Waals surface area (Å²) >= 11 is 0. The molecule has 2 aromatic heterocycles. The van der Waals surface area contributed by atoms with Crippen molar-refractivity contribution in [2.75, 3.05) is 12.8 Å². The summed E-state index contributed by atoms with van der Waals surface area (Å²) < 4.78 is 6.92. The molecule has 0 aliphatic carbocycles. The van der Waals surface area contributed by atoms with Gasteiger partial charge in [0.05, 0.1) is 18.5 Å². The molecular weight excluding hydrogens is 266 g/mol. The number of aryl methyl sites for hydroxylation is 1. The van der Waals surface area contributed by atoms with Gasteiger partial charge in [-0.25, -0.2) is 0 Å². The van der Waals surface area contributed by atoms with E-state index in [1.54, 1.807) is 17.9 Å². The van der Waals surface area contributed by atoms with Crippen molar-refractivity contribution >= 4 is 5.82 Å². The molecule has 2 N–H and O–H groups in total. The monoisotopic (exact) mass is 281 g/mol. The number of para-hydroxylation sites is 1. The van der Waals surface area contributed by atoms with Gasteiger partial charge < -0.3 is 10.5 Å². The van der Waals surface area contributed by atoms with Crippen LogP contribution < -0.4 is 10.5 Å². The molecule has 0 atom stereocenters. The van der Waals surface area contributed by atoms with Crippen LogP contribution in [-0.4, -0.2) is 27.1 Å². The number of aromatic nitrogens is 4. The van der Waals surface area contributed by atoms with Crippen molar-refractivity contribution in [1.29, 1.82) is 0 Å². The van der Waals surface area contributed by atoms with Gasteiger partial charge in [0.2, 0.25) is 0 Å². The zero-order chi connectivity index (χ0) is 14.8. The number of nitrogen functional groups attached to an aromatic ring is 1. The molecule has 0 aliphatic rings. The molecule has 0 saturated carbocycles. The molecule has 3 aromatic rings. The van der Waals surface area contributed by atoms with Crippen LogP contribution in [0.25, 0.3) is 17.1 Å². The lowest BCUT2D eigenvalue weighted by Crippen LogP contribution is -2.05. The van der Waals surface area contributed by atoms with E-state index in [0.29, 0.717) is 11.6 Å². The summed E-state index contributed by atoms with van der Waals surface area (Å²) in [4.78, 5) is 0. The molecule has 1 aromatic carbocycles. The van der Waals surface area contributed by atoms with E-state index >= 15 is 0 Å². The Morgan fingerprint density at radius 3 is 2.62 bits per heavy atom. The highest BCUT2D eigenvalue weighted by molar-refractivity contribution is 5.69. The topological polar surface area (TPSA) is 78.9 Å². The van der Waals surface area contributed by atoms with E-state index in [-0.39, 0.29) is 0 Å². The van der Waals surface area contributed by atoms with Gasteiger partial charge in [-0.15, -0.1) is 5.10 Å². The first-order valence-electron chi connectivity index (χ1n) is 6.48. The molecule has 0 spiro atoms. The highest BCUT2D eigenvalue weighted by atomic mass is 16.5. The van der Waals surface area contributed by atoms with Crippen molar-refractivity contribution in [2.24, 2.45) is 0 Å². The molecule has 0 radical (unpaired) electrons. The second kappa shape index (κ2) is 5.24. The van der Waals surface area contributed by atoms with Gasteiger partial charge >= 0.3 is 0 Å². The SMILES string of the molecule is COc1ccccc1-c1cc(N)n(-c2ccc(C)nn2)n1. The molecule has 0 aliphatic heterocycles. The van der Waals surface area contributed by atoms with E-state index in [2.05, 4.69) is 15.3 Å². The first kappa shape index (κ1) is 13.1. The minimum absolute atomic E-state index is 0.494. The molecular formula is C15H15N5O. The second-order valence-electron chi connectivity index (χ2n) is 4.60. The van der Waals surface area contributed by atoms with Gasteiger partial charge in [-0.3, -0.25) is 0 Å². The average Bonchev–Trinajstić information content (AvgIpc) is 2.90. The predicted octanol–water partition coefficient (Wildman–Crippen LogP) is 2.23. The van der Waals surface area contributed by atoms with Gasteiger partial charge in [0.25, 0.3) is 0 Å². The van der Waals surface area contributed by atoms with Crippen LogP contribution in [0.2, 0.25) is 0 Å². The van der Waals surface area contributed by atoms with Crippen molar-refractivity contribution < 1.29 is 4.74 Å². The number of anilines is 1. The van der Waals surface area contributed by atoms with Gasteiger partial charge in [-0.2, -0.15) is 14.9 Å². The van der Waals surface area contributed by atoms with E-state index in [1.165, 1.54) is 0 Å². The first-order chi connectivity index (χ1) is 10.2. The molecule has 0 unspecified atom stereocenters. The Morgan fingerprint density at radius 2 is 1.90 bits per heavy atom. The Morgan fingerprint density at radius 1 is 1.10 bits per heavy atom. The molecule has 0 bridgehead atoms. The van der Waals surface area contributed by atoms with Crippen LogP contribution >= 0.6 is 0 Å². The minimum Gasteiger partial charge on any atom is -0.496 e. The summed E-state index contributed by atoms with van der Waals surface area (Å²) in [5, 5.41) is 12.6. The number of nitrogens with zero attached hydrogens (tertiary/aromatic N) is 4. The van der Waals surface area contributed by atoms with E-state index < -0.39 is 0 Å². The summed E-state index contributed by atoms with van der Waals surface area (Å²) in [5.41, 5.74) is 8.48. The standard InChI is InChI=1S/C15H15N5O/c1-10-7-8-15(18-17-10)20-14(16)9-12(19-20)11-5-3-4-6-13(11)21-2/h3-9H,16H2,1-2H3. The lowest BCUT2D eigenvalue weighted by atomic mass is 10.1. The maximum Gasteiger partial charge on any atom is 0.178 e. The molecule has 21 heavy (non-hydrogen) atoms. The fourth-order valence-electron chi connectivity index (χ4n) is 2.07. The van der Waals surface area contributed by atoms with Crippen molar-refractivity contribution in [2.45, 2.75) is 6.92 Å². The maximum absolute atomic E-state index is 6.03. The van der Waals surface area contributed by atoms with Crippen LogP contribution in [-0.2, 0) is 0 Å². The Hall–Kier alpha value is -2.89. The average molecular weight is 281 g/mol. The molecule has 3 rings (SSSR count). The van der Waals surface area contributed by atoms with E-state index in [4.69, 9.17) is 10.5 Å². The first-order valence-corrected chi connectivity index (χ1v) is 6.48. The summed E-state index contributed by atoms with van der Waals surface area (Å²) in [7, 11) is 1.63. The van der Waals surface area contributed by atoms with Crippen molar-refractivity contribution in [3.63, 3.8) is 0 Å². The Labute approximate surface area is 122 Å². The number of ether oxygens (including phenoxy) is 1. The van der Waals surface area contributed by atoms with Gasteiger partial charge in [0.1, 0.15) is 11.6 Å². The summed E-state index contributed by atoms with van der Waals surface area (Å²) in [6.07, 6.45) is 0. The van der Waals surface area contributed by atoms with Crippen LogP contribution in [0.3, 0.4) is 0 Å². The second-order valence-corrected chi connectivity index (χ2v) is 4.60. The third-order valence-corrected chi connectivity index (χ3v) is 3.12. The van der Waals surface area contributed by atoms with Gasteiger partial charge in [0, 0.05) is 11.6 Å². The number of methoxy groups -OCH3 is 1. The quantitative estimate of drug-likeness (QED) is 0.796. The molecule has 0 amide bonds. The van der Waals surface area contributed by atoms with Crippen molar-refractivity contribution in [3.8, 4) is 22.8 Å². The van der Waals surface area contributed by atoms with E-state index in [1.807, 2.05) is 43.3 Å². The fourth-order valence-corrected chi connectivity index (χ4v) is 2.07. The molecule has 0 fully saturated rings. The molecule has 6 heteroatoms. The van der Waals surface area contributed by atoms with E-state index in [0.717, 1.165) is 22.7 Å². The smallest absolute Gasteiger partial charge is 0.178 e. The van der Waals surface area contributed by atoms with Crippen LogP contribution in [0.15, 0.2) is 42.5 Å². The fraction of sp³-hybridized carbons (Fsp3) is 0.133. The largest absolute Gasteiger partial charge is 0.496 e. The van der Waals surface area contributed by atoms with Gasteiger partial charge in [-0.1, -0.05) is 12.1 Å². The van der Waals surface area contributed by atoms with Crippen molar-refractivity contribution in [3.05, 3.63) is 48.2 Å². The lowest BCUT2D eigenvalue weighted by molar-refractivity contribution is 0.416. The van der Waals surface area contributed by atoms with E-state index in [9.17, 15) is 0 Å². The third-order valence-electron chi connectivity index (χ3n) is 3.12. The Bertz CT molecular complexity index is 764. The molecule has 0 saturated heterocycles. The lowest BCUT2D eigenvalue weighted by Gasteiger charge is -2.05. The predicted molar refractivity (Wildman–Crippen MR) is 80.3 cm³/mol. The highest BCUT2D eigenvalue weighted by Gasteiger charge is 2.13. The number of nitrogens with two attached hydrogens (primary N) is 1. The zero-order valence-corrected chi connectivity index (χ0v) is 11.8. The van der Waals surface area contributed by atoms with Crippen LogP contribution in [0.4, 0.5) is 5.82 Å². The number of rotatable bonds is 3. The minimum atomic E-state index is 0.494. The molecule has 106 valence electrons. The normalized spacial score (nSPS) is 10.6. The highest BCUT2D eigenvalue weighted by Crippen LogP contribution is 2.30. The number of hydrogen-bond donors (Lipinski definition) is 1. The summed E-state index contributed by atoms with van der Waals surface area (Å²) in [6, 6.07) is 13.2. The summed E-state index contributed by atoms with van der Waals surface area (Å²) in [6.45, 7) is 1.88. The number of benzene rings is 1. The van der Waals surface area contributed by atoms with Gasteiger partial charge in [-0.05, 0) is 31.2 Å². The van der Waals surface area contributed by atoms with Crippen molar-refractivity contribution in [1.82, 2.24) is 20.0 Å².